The first-order valence-electron chi connectivity index (χ1n) is 7.54. The van der Waals surface area contributed by atoms with Crippen LogP contribution in [0.2, 0.25) is 5.02 Å². The highest BCUT2D eigenvalue weighted by Gasteiger charge is 2.06. The molecule has 8 heteroatoms. The lowest BCUT2D eigenvalue weighted by molar-refractivity contribution is 0.234. The van der Waals surface area contributed by atoms with E-state index >= 15 is 0 Å². The van der Waals surface area contributed by atoms with Crippen molar-refractivity contribution in [3.05, 3.63) is 47.5 Å². The van der Waals surface area contributed by atoms with E-state index in [4.69, 9.17) is 11.6 Å². The highest BCUT2D eigenvalue weighted by atomic mass is 35.5. The van der Waals surface area contributed by atoms with E-state index in [9.17, 15) is 9.60 Å². The Labute approximate surface area is 160 Å². The predicted molar refractivity (Wildman–Crippen MR) is 107 cm³/mol. The summed E-state index contributed by atoms with van der Waals surface area (Å²) in [4.78, 5) is 6.37. The molecule has 2 rings (SSSR count). The number of benzene rings is 2. The number of aliphatic imine (C=N–C) groups is 1. The number of thioether (sulfide) groups is 2. The lowest BCUT2D eigenvalue weighted by atomic mass is 10.3. The van der Waals surface area contributed by atoms with E-state index in [2.05, 4.69) is 15.8 Å². The molecule has 4 nitrogen and oxygen atoms in total. The predicted octanol–water partition coefficient (Wildman–Crippen LogP) is 5.59. The molecule has 0 aliphatic rings. The van der Waals surface area contributed by atoms with Gasteiger partial charge in [-0.3, -0.25) is 9.60 Å². The van der Waals surface area contributed by atoms with Gasteiger partial charge >= 0.3 is 0 Å². The number of halogens is 2. The number of rotatable bonds is 7. The molecule has 0 atom stereocenters. The summed E-state index contributed by atoms with van der Waals surface area (Å²) in [5.41, 5.74) is 3.35. The molecule has 25 heavy (non-hydrogen) atoms. The molecule has 0 unspecified atom stereocenters. The SMILES string of the molecule is CSc1cccc(NC(=Nc2cc(SCCCF)ccc2Cl)NO)c1. The maximum Gasteiger partial charge on any atom is 0.225 e. The number of nitrogens with one attached hydrogen (secondary N) is 2. The molecule has 0 spiro atoms. The largest absolute Gasteiger partial charge is 0.324 e. The summed E-state index contributed by atoms with van der Waals surface area (Å²) in [5, 5.41) is 12.8. The Kier molecular flexibility index (Phi) is 8.40. The van der Waals surface area contributed by atoms with Crippen molar-refractivity contribution < 1.29 is 9.60 Å². The Morgan fingerprint density at radius 2 is 2.08 bits per heavy atom. The average molecular weight is 400 g/mol. The van der Waals surface area contributed by atoms with Crippen LogP contribution in [0.3, 0.4) is 0 Å². The van der Waals surface area contributed by atoms with E-state index in [-0.39, 0.29) is 12.6 Å². The first-order chi connectivity index (χ1) is 12.2. The zero-order valence-corrected chi connectivity index (χ0v) is 16.0. The van der Waals surface area contributed by atoms with Crippen LogP contribution < -0.4 is 10.8 Å². The van der Waals surface area contributed by atoms with Gasteiger partial charge in [0.2, 0.25) is 5.96 Å². The third-order valence-electron chi connectivity index (χ3n) is 3.13. The molecular formula is C17H19ClFN3OS2. The van der Waals surface area contributed by atoms with Crippen LogP contribution in [0.5, 0.6) is 0 Å². The zero-order valence-electron chi connectivity index (χ0n) is 13.6. The summed E-state index contributed by atoms with van der Waals surface area (Å²) in [7, 11) is 0. The van der Waals surface area contributed by atoms with E-state index in [1.807, 2.05) is 42.7 Å². The van der Waals surface area contributed by atoms with Gasteiger partial charge in [0, 0.05) is 21.2 Å². The van der Waals surface area contributed by atoms with Crippen molar-refractivity contribution in [2.24, 2.45) is 4.99 Å². The van der Waals surface area contributed by atoms with Gasteiger partial charge in [-0.1, -0.05) is 17.7 Å². The maximum atomic E-state index is 12.2. The van der Waals surface area contributed by atoms with E-state index in [0.717, 1.165) is 15.5 Å². The van der Waals surface area contributed by atoms with Gasteiger partial charge < -0.3 is 5.32 Å². The van der Waals surface area contributed by atoms with Gasteiger partial charge in [-0.25, -0.2) is 10.5 Å². The molecule has 0 aliphatic carbocycles. The van der Waals surface area contributed by atoms with Crippen LogP contribution in [0, 0.1) is 0 Å². The summed E-state index contributed by atoms with van der Waals surface area (Å²) in [5.74, 6) is 0.845. The number of hydrogen-bond acceptors (Lipinski definition) is 4. The van der Waals surface area contributed by atoms with Gasteiger partial charge in [0.05, 0.1) is 17.4 Å². The monoisotopic (exact) mass is 399 g/mol. The number of anilines is 1. The molecule has 0 amide bonds. The van der Waals surface area contributed by atoms with Crippen LogP contribution in [0.1, 0.15) is 6.42 Å². The highest BCUT2D eigenvalue weighted by molar-refractivity contribution is 7.99. The van der Waals surface area contributed by atoms with Crippen LogP contribution in [0.15, 0.2) is 57.2 Å². The lowest BCUT2D eigenvalue weighted by Crippen LogP contribution is -2.27. The molecule has 2 aromatic carbocycles. The summed E-state index contributed by atoms with van der Waals surface area (Å²) in [6.45, 7) is -0.330. The van der Waals surface area contributed by atoms with Crippen molar-refractivity contribution >= 4 is 52.5 Å². The quantitative estimate of drug-likeness (QED) is 0.186. The fourth-order valence-corrected chi connectivity index (χ4v) is 3.42. The van der Waals surface area contributed by atoms with Gasteiger partial charge in [0.1, 0.15) is 0 Å². The Balaban J connectivity index is 2.18. The normalized spacial score (nSPS) is 11.4. The van der Waals surface area contributed by atoms with E-state index in [1.54, 1.807) is 17.8 Å². The van der Waals surface area contributed by atoms with Crippen molar-refractivity contribution in [2.75, 3.05) is 24.0 Å². The van der Waals surface area contributed by atoms with Crippen LogP contribution in [-0.2, 0) is 0 Å². The highest BCUT2D eigenvalue weighted by Crippen LogP contribution is 2.31. The van der Waals surface area contributed by atoms with E-state index in [0.29, 0.717) is 22.9 Å². The summed E-state index contributed by atoms with van der Waals surface area (Å²) in [6.07, 6.45) is 2.49. The van der Waals surface area contributed by atoms with Crippen LogP contribution >= 0.6 is 35.1 Å². The van der Waals surface area contributed by atoms with Gasteiger partial charge in [0.15, 0.2) is 0 Å². The molecular weight excluding hydrogens is 381 g/mol. The maximum absolute atomic E-state index is 12.2. The Bertz CT molecular complexity index is 731. The van der Waals surface area contributed by atoms with E-state index < -0.39 is 0 Å². The molecule has 0 saturated carbocycles. The standard InChI is InChI=1S/C17H19ClFN3OS2/c1-24-13-5-2-4-12(10-13)20-17(22-23)21-16-11-14(6-7-15(16)18)25-9-3-8-19/h2,4-7,10-11,23H,3,8-9H2,1H3,(H2,20,21,22). The van der Waals surface area contributed by atoms with Crippen molar-refractivity contribution in [3.63, 3.8) is 0 Å². The van der Waals surface area contributed by atoms with Gasteiger partial charge in [-0.05, 0) is 49.1 Å². The molecule has 0 saturated heterocycles. The van der Waals surface area contributed by atoms with E-state index in [1.165, 1.54) is 11.8 Å². The molecule has 0 radical (unpaired) electrons. The second-order valence-electron chi connectivity index (χ2n) is 4.93. The molecule has 0 bridgehead atoms. The first-order valence-corrected chi connectivity index (χ1v) is 10.1. The van der Waals surface area contributed by atoms with Crippen molar-refractivity contribution in [1.29, 1.82) is 0 Å². The topological polar surface area (TPSA) is 56.7 Å². The van der Waals surface area contributed by atoms with Crippen LogP contribution in [-0.4, -0.2) is 29.9 Å². The minimum Gasteiger partial charge on any atom is -0.324 e. The minimum absolute atomic E-state index is 0.158. The molecule has 0 heterocycles. The number of hydrogen-bond donors (Lipinski definition) is 3. The summed E-state index contributed by atoms with van der Waals surface area (Å²) >= 11 is 9.35. The molecule has 3 N–H and O–H groups in total. The van der Waals surface area contributed by atoms with Gasteiger partial charge in [-0.2, -0.15) is 0 Å². The zero-order chi connectivity index (χ0) is 18.1. The van der Waals surface area contributed by atoms with Crippen molar-refractivity contribution in [1.82, 2.24) is 5.48 Å². The number of nitrogens with zero attached hydrogens (tertiary/aromatic N) is 1. The lowest BCUT2D eigenvalue weighted by Gasteiger charge is -2.10. The Morgan fingerprint density at radius 1 is 1.24 bits per heavy atom. The summed E-state index contributed by atoms with van der Waals surface area (Å²) < 4.78 is 12.2. The third-order valence-corrected chi connectivity index (χ3v) is 5.26. The first kappa shape index (κ1) is 19.9. The number of hydroxylamine groups is 1. The van der Waals surface area contributed by atoms with Crippen molar-refractivity contribution in [3.8, 4) is 0 Å². The fraction of sp³-hybridized carbons (Fsp3) is 0.235. The third kappa shape index (κ3) is 6.43. The fourth-order valence-electron chi connectivity index (χ4n) is 1.95. The number of alkyl halides is 1. The second kappa shape index (κ2) is 10.6. The summed E-state index contributed by atoms with van der Waals surface area (Å²) in [6, 6.07) is 13.1. The molecule has 0 aliphatic heterocycles. The smallest absolute Gasteiger partial charge is 0.225 e. The molecule has 0 aromatic heterocycles. The van der Waals surface area contributed by atoms with Crippen molar-refractivity contribution in [2.45, 2.75) is 16.2 Å². The minimum atomic E-state index is -0.330. The van der Waals surface area contributed by atoms with Crippen LogP contribution in [0.25, 0.3) is 0 Å². The molecule has 134 valence electrons. The molecule has 0 fully saturated rings. The number of guanidine groups is 1. The Hall–Kier alpha value is -1.41. The average Bonchev–Trinajstić information content (AvgIpc) is 2.64. The molecule has 2 aromatic rings. The second-order valence-corrected chi connectivity index (χ2v) is 7.39. The van der Waals surface area contributed by atoms with Gasteiger partial charge in [-0.15, -0.1) is 23.5 Å². The Morgan fingerprint density at radius 3 is 2.80 bits per heavy atom. The van der Waals surface area contributed by atoms with Crippen LogP contribution in [0.4, 0.5) is 15.8 Å². The van der Waals surface area contributed by atoms with Gasteiger partial charge in [0.25, 0.3) is 0 Å².